The van der Waals surface area contributed by atoms with Gasteiger partial charge in [0.25, 0.3) is 0 Å². The van der Waals surface area contributed by atoms with E-state index in [2.05, 4.69) is 0 Å². The summed E-state index contributed by atoms with van der Waals surface area (Å²) in [5.41, 5.74) is 1.38. The maximum absolute atomic E-state index is 12.3. The van der Waals surface area contributed by atoms with Gasteiger partial charge < -0.3 is 9.47 Å². The van der Waals surface area contributed by atoms with Gasteiger partial charge in [0, 0.05) is 0 Å². The summed E-state index contributed by atoms with van der Waals surface area (Å²) in [4.78, 5) is 24.4. The van der Waals surface area contributed by atoms with E-state index in [0.717, 1.165) is 5.56 Å². The van der Waals surface area contributed by atoms with Crippen LogP contribution in [0.5, 0.6) is 5.75 Å². The van der Waals surface area contributed by atoms with Crippen LogP contribution in [-0.2, 0) is 4.74 Å². The molecule has 0 aliphatic heterocycles. The smallest absolute Gasteiger partial charge is 0.344 e. The maximum Gasteiger partial charge on any atom is 0.344 e. The Morgan fingerprint density at radius 2 is 1.55 bits per heavy atom. The minimum atomic E-state index is -0.582. The molecule has 2 aromatic rings. The lowest BCUT2D eigenvalue weighted by Gasteiger charge is -2.11. The molecule has 0 fully saturated rings. The van der Waals surface area contributed by atoms with Crippen molar-refractivity contribution in [2.45, 2.75) is 26.9 Å². The average Bonchev–Trinajstić information content (AvgIpc) is 2.46. The number of carbonyl (C=O) groups is 2. The van der Waals surface area contributed by atoms with Gasteiger partial charge in [-0.1, -0.05) is 24.3 Å². The van der Waals surface area contributed by atoms with Gasteiger partial charge >= 0.3 is 11.9 Å². The number of esters is 2. The minimum absolute atomic E-state index is 0.189. The summed E-state index contributed by atoms with van der Waals surface area (Å²) in [5, 5.41) is 0. The Bertz CT molecular complexity index is 689. The van der Waals surface area contributed by atoms with Crippen LogP contribution < -0.4 is 4.74 Å². The first-order chi connectivity index (χ1) is 10.5. The fraction of sp³-hybridized carbons (Fsp3) is 0.222. The Labute approximate surface area is 129 Å². The van der Waals surface area contributed by atoms with Gasteiger partial charge in [0.1, 0.15) is 5.75 Å². The van der Waals surface area contributed by atoms with Gasteiger partial charge in [0.2, 0.25) is 0 Å². The van der Waals surface area contributed by atoms with Crippen LogP contribution in [0.3, 0.4) is 0 Å². The Morgan fingerprint density at radius 1 is 0.909 bits per heavy atom. The van der Waals surface area contributed by atoms with Crippen molar-refractivity contribution in [2.24, 2.45) is 0 Å². The molecular weight excluding hydrogens is 280 g/mol. The van der Waals surface area contributed by atoms with E-state index in [1.807, 2.05) is 13.0 Å². The molecule has 4 heteroatoms. The molecule has 22 heavy (non-hydrogen) atoms. The molecule has 0 N–H and O–H groups in total. The average molecular weight is 298 g/mol. The van der Waals surface area contributed by atoms with E-state index in [9.17, 15) is 9.59 Å². The molecule has 0 saturated carbocycles. The van der Waals surface area contributed by atoms with Gasteiger partial charge in [-0.25, -0.2) is 9.59 Å². The van der Waals surface area contributed by atoms with Crippen LogP contribution in [0.25, 0.3) is 0 Å². The highest BCUT2D eigenvalue weighted by Crippen LogP contribution is 2.17. The molecule has 2 aromatic carbocycles. The monoisotopic (exact) mass is 298 g/mol. The van der Waals surface area contributed by atoms with Gasteiger partial charge in [-0.3, -0.25) is 0 Å². The van der Waals surface area contributed by atoms with Crippen LogP contribution in [0, 0.1) is 6.92 Å². The fourth-order valence-electron chi connectivity index (χ4n) is 1.96. The number of carbonyl (C=O) groups excluding carboxylic acids is 2. The molecule has 0 heterocycles. The van der Waals surface area contributed by atoms with Crippen LogP contribution in [0.2, 0.25) is 0 Å². The molecule has 0 bridgehead atoms. The standard InChI is InChI=1S/C18H18O4/c1-12(2)21-17(19)15-9-4-5-10-16(15)18(20)22-14-8-6-7-13(3)11-14/h4-12H,1-3H3. The molecular formula is C18H18O4. The first-order valence-corrected chi connectivity index (χ1v) is 7.06. The summed E-state index contributed by atoms with van der Waals surface area (Å²) in [5.74, 6) is -0.675. The van der Waals surface area contributed by atoms with E-state index in [1.54, 1.807) is 56.3 Å². The summed E-state index contributed by atoms with van der Waals surface area (Å²) in [6.45, 7) is 5.42. The third kappa shape index (κ3) is 3.95. The predicted molar refractivity (Wildman–Crippen MR) is 83.1 cm³/mol. The fourth-order valence-corrected chi connectivity index (χ4v) is 1.96. The normalized spacial score (nSPS) is 10.4. The largest absolute Gasteiger partial charge is 0.459 e. The Balaban J connectivity index is 2.24. The van der Waals surface area contributed by atoms with Crippen molar-refractivity contribution in [1.29, 1.82) is 0 Å². The molecule has 0 aromatic heterocycles. The number of hydrogen-bond acceptors (Lipinski definition) is 4. The van der Waals surface area contributed by atoms with Crippen molar-refractivity contribution in [3.63, 3.8) is 0 Å². The van der Waals surface area contributed by atoms with Gasteiger partial charge in [0.05, 0.1) is 17.2 Å². The third-order valence-corrected chi connectivity index (χ3v) is 2.91. The molecule has 0 saturated heterocycles. The molecule has 4 nitrogen and oxygen atoms in total. The number of ether oxygens (including phenoxy) is 2. The second kappa shape index (κ2) is 6.89. The summed E-state index contributed by atoms with van der Waals surface area (Å²) in [7, 11) is 0. The SMILES string of the molecule is Cc1cccc(OC(=O)c2ccccc2C(=O)OC(C)C)c1. The first kappa shape index (κ1) is 15.8. The van der Waals surface area contributed by atoms with E-state index >= 15 is 0 Å². The predicted octanol–water partition coefficient (Wildman–Crippen LogP) is 3.78. The Kier molecular flexibility index (Phi) is 4.94. The second-order valence-electron chi connectivity index (χ2n) is 5.21. The second-order valence-corrected chi connectivity index (χ2v) is 5.21. The molecule has 0 aliphatic rings. The number of hydrogen-bond donors (Lipinski definition) is 0. The van der Waals surface area contributed by atoms with E-state index in [0.29, 0.717) is 5.75 Å². The van der Waals surface area contributed by atoms with Crippen molar-refractivity contribution in [3.8, 4) is 5.75 Å². The molecule has 0 aliphatic carbocycles. The lowest BCUT2D eigenvalue weighted by Crippen LogP contribution is -2.18. The molecule has 0 atom stereocenters. The van der Waals surface area contributed by atoms with Gasteiger partial charge in [-0.2, -0.15) is 0 Å². The highest BCUT2D eigenvalue weighted by Gasteiger charge is 2.20. The molecule has 2 rings (SSSR count). The zero-order chi connectivity index (χ0) is 16.1. The highest BCUT2D eigenvalue weighted by molar-refractivity contribution is 6.03. The van der Waals surface area contributed by atoms with Gasteiger partial charge in [-0.05, 0) is 50.6 Å². The van der Waals surface area contributed by atoms with E-state index < -0.39 is 11.9 Å². The van der Waals surface area contributed by atoms with E-state index in [4.69, 9.17) is 9.47 Å². The number of aryl methyl sites for hydroxylation is 1. The summed E-state index contributed by atoms with van der Waals surface area (Å²) >= 11 is 0. The maximum atomic E-state index is 12.3. The van der Waals surface area contributed by atoms with Crippen molar-refractivity contribution in [2.75, 3.05) is 0 Å². The van der Waals surface area contributed by atoms with Crippen molar-refractivity contribution >= 4 is 11.9 Å². The lowest BCUT2D eigenvalue weighted by molar-refractivity contribution is 0.0372. The van der Waals surface area contributed by atoms with E-state index in [-0.39, 0.29) is 17.2 Å². The summed E-state index contributed by atoms with van der Waals surface area (Å²) in [6.07, 6.45) is -0.256. The molecule has 0 amide bonds. The minimum Gasteiger partial charge on any atom is -0.459 e. The van der Waals surface area contributed by atoms with Crippen LogP contribution in [-0.4, -0.2) is 18.0 Å². The number of rotatable bonds is 4. The lowest BCUT2D eigenvalue weighted by atomic mass is 10.1. The van der Waals surface area contributed by atoms with Crippen LogP contribution in [0.4, 0.5) is 0 Å². The Hall–Kier alpha value is -2.62. The molecule has 0 spiro atoms. The number of benzene rings is 2. The third-order valence-electron chi connectivity index (χ3n) is 2.91. The van der Waals surface area contributed by atoms with Crippen LogP contribution in [0.15, 0.2) is 48.5 Å². The first-order valence-electron chi connectivity index (χ1n) is 7.06. The highest BCUT2D eigenvalue weighted by atomic mass is 16.5. The van der Waals surface area contributed by atoms with Crippen LogP contribution in [0.1, 0.15) is 40.1 Å². The zero-order valence-corrected chi connectivity index (χ0v) is 12.8. The van der Waals surface area contributed by atoms with Crippen molar-refractivity contribution < 1.29 is 19.1 Å². The molecule has 0 radical (unpaired) electrons. The van der Waals surface area contributed by atoms with Crippen molar-refractivity contribution in [3.05, 3.63) is 65.2 Å². The van der Waals surface area contributed by atoms with Crippen LogP contribution >= 0.6 is 0 Å². The van der Waals surface area contributed by atoms with Gasteiger partial charge in [-0.15, -0.1) is 0 Å². The quantitative estimate of drug-likeness (QED) is 0.636. The molecule has 114 valence electrons. The molecule has 0 unspecified atom stereocenters. The topological polar surface area (TPSA) is 52.6 Å². The van der Waals surface area contributed by atoms with Gasteiger partial charge in [0.15, 0.2) is 0 Å². The summed E-state index contributed by atoms with van der Waals surface area (Å²) in [6, 6.07) is 13.6. The Morgan fingerprint density at radius 3 is 2.14 bits per heavy atom. The zero-order valence-electron chi connectivity index (χ0n) is 12.8. The van der Waals surface area contributed by atoms with Crippen molar-refractivity contribution in [1.82, 2.24) is 0 Å². The summed E-state index contributed by atoms with van der Waals surface area (Å²) < 4.78 is 10.5. The van der Waals surface area contributed by atoms with E-state index in [1.165, 1.54) is 0 Å².